The van der Waals surface area contributed by atoms with Crippen molar-refractivity contribution in [1.29, 1.82) is 0 Å². The normalized spacial score (nSPS) is 27.2. The average molecular weight is 320 g/mol. The number of carbonyl (C=O) groups is 1. The Labute approximate surface area is 126 Å². The summed E-state index contributed by atoms with van der Waals surface area (Å²) in [5.41, 5.74) is 0. The predicted molar refractivity (Wildman–Crippen MR) is 77.9 cm³/mol. The van der Waals surface area contributed by atoms with Crippen molar-refractivity contribution in [2.24, 2.45) is 5.92 Å². The fraction of sp³-hybridized carbons (Fsp3) is 0.917. The van der Waals surface area contributed by atoms with E-state index in [4.69, 9.17) is 4.74 Å². The number of carbonyl (C=O) groups excluding carboxylic acids is 1. The van der Waals surface area contributed by atoms with Gasteiger partial charge in [-0.1, -0.05) is 0 Å². The van der Waals surface area contributed by atoms with Gasteiger partial charge in [-0.2, -0.15) is 17.0 Å². The first-order chi connectivity index (χ1) is 9.95. The van der Waals surface area contributed by atoms with E-state index >= 15 is 0 Å². The molecular weight excluding hydrogens is 296 g/mol. The molecule has 2 fully saturated rings. The molecule has 1 atom stereocenters. The molecule has 2 aliphatic heterocycles. The van der Waals surface area contributed by atoms with E-state index in [1.165, 1.54) is 8.61 Å². The van der Waals surface area contributed by atoms with Crippen molar-refractivity contribution in [1.82, 2.24) is 18.8 Å². The number of rotatable bonds is 3. The Balaban J connectivity index is 2.14. The van der Waals surface area contributed by atoms with Crippen molar-refractivity contribution >= 4 is 16.1 Å². The van der Waals surface area contributed by atoms with Crippen LogP contribution < -0.4 is 5.32 Å². The zero-order valence-electron chi connectivity index (χ0n) is 12.6. The van der Waals surface area contributed by atoms with E-state index in [-0.39, 0.29) is 18.4 Å². The first-order valence-corrected chi connectivity index (χ1v) is 8.58. The lowest BCUT2D eigenvalue weighted by atomic mass is 10.1. The number of hydrogen-bond acceptors (Lipinski definition) is 5. The second-order valence-electron chi connectivity index (χ2n) is 5.45. The third-order valence-corrected chi connectivity index (χ3v) is 5.93. The Morgan fingerprint density at radius 2 is 1.76 bits per heavy atom. The van der Waals surface area contributed by atoms with Gasteiger partial charge in [0.2, 0.25) is 5.91 Å². The van der Waals surface area contributed by atoms with Crippen LogP contribution in [0.25, 0.3) is 0 Å². The SMILES string of the molecule is CNC(=O)C1CN(C)CCN(S(=O)(=O)N2CCOCC2)C1. The number of ether oxygens (including phenoxy) is 1. The van der Waals surface area contributed by atoms with Crippen molar-refractivity contribution < 1.29 is 17.9 Å². The highest BCUT2D eigenvalue weighted by atomic mass is 32.2. The van der Waals surface area contributed by atoms with Crippen LogP contribution in [0.4, 0.5) is 0 Å². The van der Waals surface area contributed by atoms with Crippen molar-refractivity contribution in [3.8, 4) is 0 Å². The molecule has 9 heteroatoms. The summed E-state index contributed by atoms with van der Waals surface area (Å²) >= 11 is 0. The smallest absolute Gasteiger partial charge is 0.282 e. The lowest BCUT2D eigenvalue weighted by molar-refractivity contribution is -0.124. The van der Waals surface area contributed by atoms with E-state index in [9.17, 15) is 13.2 Å². The monoisotopic (exact) mass is 320 g/mol. The van der Waals surface area contributed by atoms with Crippen LogP contribution in [0.5, 0.6) is 0 Å². The van der Waals surface area contributed by atoms with Crippen molar-refractivity contribution in [3.05, 3.63) is 0 Å². The van der Waals surface area contributed by atoms with Gasteiger partial charge in [-0.3, -0.25) is 4.79 Å². The van der Waals surface area contributed by atoms with E-state index in [0.29, 0.717) is 45.9 Å². The molecule has 122 valence electrons. The molecule has 0 aliphatic carbocycles. The van der Waals surface area contributed by atoms with E-state index < -0.39 is 10.2 Å². The summed E-state index contributed by atoms with van der Waals surface area (Å²) in [6.07, 6.45) is 0. The van der Waals surface area contributed by atoms with Crippen LogP contribution in [0.1, 0.15) is 0 Å². The molecule has 0 radical (unpaired) electrons. The molecule has 1 N–H and O–H groups in total. The predicted octanol–water partition coefficient (Wildman–Crippen LogP) is -1.83. The first kappa shape index (κ1) is 16.6. The molecule has 0 spiro atoms. The molecule has 2 saturated heterocycles. The van der Waals surface area contributed by atoms with E-state index in [0.717, 1.165) is 0 Å². The third kappa shape index (κ3) is 3.92. The molecule has 0 aromatic rings. The largest absolute Gasteiger partial charge is 0.379 e. The standard InChI is InChI=1S/C12H24N4O4S/c1-13-12(17)11-9-14(2)3-4-16(10-11)21(18,19)15-5-7-20-8-6-15/h11H,3-10H2,1-2H3,(H,13,17). The number of nitrogens with one attached hydrogen (secondary N) is 1. The minimum atomic E-state index is -3.53. The van der Waals surface area contributed by atoms with Gasteiger partial charge < -0.3 is 15.0 Å². The quantitative estimate of drug-likeness (QED) is 0.662. The van der Waals surface area contributed by atoms with Gasteiger partial charge in [0.25, 0.3) is 10.2 Å². The topological polar surface area (TPSA) is 82.2 Å². The Morgan fingerprint density at radius 3 is 2.38 bits per heavy atom. The van der Waals surface area contributed by atoms with Crippen LogP contribution in [0, 0.1) is 5.92 Å². The Bertz CT molecular complexity index is 464. The van der Waals surface area contributed by atoms with Crippen LogP contribution in [0.3, 0.4) is 0 Å². The zero-order valence-corrected chi connectivity index (χ0v) is 13.4. The lowest BCUT2D eigenvalue weighted by Gasteiger charge is -2.32. The van der Waals surface area contributed by atoms with E-state index in [2.05, 4.69) is 5.32 Å². The number of amides is 1. The van der Waals surface area contributed by atoms with Gasteiger partial charge >= 0.3 is 0 Å². The lowest BCUT2D eigenvalue weighted by Crippen LogP contribution is -2.51. The van der Waals surface area contributed by atoms with Gasteiger partial charge in [0, 0.05) is 46.3 Å². The Kier molecular flexibility index (Phi) is 5.55. The van der Waals surface area contributed by atoms with Crippen molar-refractivity contribution in [2.45, 2.75) is 0 Å². The van der Waals surface area contributed by atoms with Crippen LogP contribution in [0.15, 0.2) is 0 Å². The summed E-state index contributed by atoms with van der Waals surface area (Å²) in [6, 6.07) is 0. The average Bonchev–Trinajstić information content (AvgIpc) is 2.69. The highest BCUT2D eigenvalue weighted by Crippen LogP contribution is 2.16. The second-order valence-corrected chi connectivity index (χ2v) is 7.38. The molecule has 0 bridgehead atoms. The summed E-state index contributed by atoms with van der Waals surface area (Å²) in [5, 5.41) is 2.61. The van der Waals surface area contributed by atoms with E-state index in [1.54, 1.807) is 7.05 Å². The van der Waals surface area contributed by atoms with E-state index in [1.807, 2.05) is 11.9 Å². The fourth-order valence-corrected chi connectivity index (χ4v) is 4.28. The summed E-state index contributed by atoms with van der Waals surface area (Å²) in [7, 11) is -0.0455. The Hall–Kier alpha value is -0.740. The van der Waals surface area contributed by atoms with Gasteiger partial charge in [0.05, 0.1) is 19.1 Å². The number of nitrogens with zero attached hydrogens (tertiary/aromatic N) is 3. The first-order valence-electron chi connectivity index (χ1n) is 7.18. The summed E-state index contributed by atoms with van der Waals surface area (Å²) in [6.45, 7) is 3.41. The maximum Gasteiger partial charge on any atom is 0.282 e. The summed E-state index contributed by atoms with van der Waals surface area (Å²) < 4.78 is 33.5. The minimum absolute atomic E-state index is 0.120. The van der Waals surface area contributed by atoms with Gasteiger partial charge in [0.1, 0.15) is 0 Å². The zero-order chi connectivity index (χ0) is 15.5. The fourth-order valence-electron chi connectivity index (χ4n) is 2.66. The molecular formula is C12H24N4O4S. The number of morpholine rings is 1. The molecule has 21 heavy (non-hydrogen) atoms. The number of likely N-dealkylation sites (N-methyl/N-ethyl adjacent to an activating group) is 1. The summed E-state index contributed by atoms with van der Waals surface area (Å²) in [4.78, 5) is 13.9. The highest BCUT2D eigenvalue weighted by Gasteiger charge is 2.36. The van der Waals surface area contributed by atoms with Crippen LogP contribution in [-0.4, -0.2) is 94.4 Å². The van der Waals surface area contributed by atoms with Crippen molar-refractivity contribution in [3.63, 3.8) is 0 Å². The molecule has 1 unspecified atom stereocenters. The van der Waals surface area contributed by atoms with Gasteiger partial charge in [0.15, 0.2) is 0 Å². The molecule has 0 aromatic carbocycles. The third-order valence-electron chi connectivity index (χ3n) is 3.93. The van der Waals surface area contributed by atoms with Crippen LogP contribution >= 0.6 is 0 Å². The molecule has 1 amide bonds. The van der Waals surface area contributed by atoms with Gasteiger partial charge in [-0.15, -0.1) is 0 Å². The molecule has 0 aromatic heterocycles. The molecule has 2 rings (SSSR count). The minimum Gasteiger partial charge on any atom is -0.379 e. The maximum absolute atomic E-state index is 12.7. The molecule has 8 nitrogen and oxygen atoms in total. The highest BCUT2D eigenvalue weighted by molar-refractivity contribution is 7.86. The van der Waals surface area contributed by atoms with Crippen molar-refractivity contribution in [2.75, 3.05) is 66.6 Å². The molecule has 2 heterocycles. The molecule has 0 saturated carbocycles. The Morgan fingerprint density at radius 1 is 1.10 bits per heavy atom. The van der Waals surface area contributed by atoms with Crippen LogP contribution in [0.2, 0.25) is 0 Å². The number of hydrogen-bond donors (Lipinski definition) is 1. The second kappa shape index (κ2) is 7.01. The molecule has 2 aliphatic rings. The van der Waals surface area contributed by atoms with Crippen LogP contribution in [-0.2, 0) is 19.7 Å². The van der Waals surface area contributed by atoms with Gasteiger partial charge in [-0.25, -0.2) is 0 Å². The summed E-state index contributed by atoms with van der Waals surface area (Å²) in [5.74, 6) is -0.468. The maximum atomic E-state index is 12.7. The van der Waals surface area contributed by atoms with Gasteiger partial charge in [-0.05, 0) is 7.05 Å².